The lowest BCUT2D eigenvalue weighted by molar-refractivity contribution is -0.137. The summed E-state index contributed by atoms with van der Waals surface area (Å²) in [7, 11) is 0. The minimum atomic E-state index is -0.819. The zero-order valence-corrected chi connectivity index (χ0v) is 7.12. The van der Waals surface area contributed by atoms with Crippen LogP contribution in [0.15, 0.2) is 9.64 Å². The number of thiol groups is 1. The molecule has 0 saturated carbocycles. The Morgan fingerprint density at radius 3 is 2.83 bits per heavy atom. The second-order valence-corrected chi connectivity index (χ2v) is 2.61. The maximum Gasteiger partial charge on any atom is 0.303 e. The van der Waals surface area contributed by atoms with Crippen LogP contribution in [0.1, 0.15) is 18.7 Å². The highest BCUT2D eigenvalue weighted by Crippen LogP contribution is 2.06. The number of hydrogen-bond donors (Lipinski definition) is 2. The number of hydrogen-bond acceptors (Lipinski definition) is 5. The molecule has 0 aromatic carbocycles. The molecule has 5 nitrogen and oxygen atoms in total. The second-order valence-electron chi connectivity index (χ2n) is 2.23. The Labute approximate surface area is 74.2 Å². The number of carboxylic acid groups (broad SMARTS) is 1. The molecule has 0 amide bonds. The molecule has 0 atom stereocenters. The third-order valence-electron chi connectivity index (χ3n) is 1.24. The van der Waals surface area contributed by atoms with Crippen molar-refractivity contribution in [3.63, 3.8) is 0 Å². The monoisotopic (exact) mass is 188 g/mol. The quantitative estimate of drug-likeness (QED) is 0.682. The van der Waals surface area contributed by atoms with E-state index in [4.69, 9.17) is 9.52 Å². The summed E-state index contributed by atoms with van der Waals surface area (Å²) in [4.78, 5) is 10.1. The van der Waals surface area contributed by atoms with Crippen LogP contribution in [0.3, 0.4) is 0 Å². The second kappa shape index (κ2) is 4.10. The highest BCUT2D eigenvalue weighted by molar-refractivity contribution is 7.80. The fraction of sp³-hybridized carbons (Fsp3) is 0.500. The normalized spacial score (nSPS) is 10.1. The van der Waals surface area contributed by atoms with Crippen LogP contribution in [0.25, 0.3) is 0 Å². The van der Waals surface area contributed by atoms with Gasteiger partial charge < -0.3 is 9.52 Å². The molecule has 1 aromatic heterocycles. The summed E-state index contributed by atoms with van der Waals surface area (Å²) in [5.74, 6) is -0.387. The smallest absolute Gasteiger partial charge is 0.303 e. The highest BCUT2D eigenvalue weighted by atomic mass is 32.1. The number of rotatable bonds is 4. The fourth-order valence-electron chi connectivity index (χ4n) is 0.737. The zero-order chi connectivity index (χ0) is 8.97. The summed E-state index contributed by atoms with van der Waals surface area (Å²) < 4.78 is 4.91. The molecule has 66 valence electrons. The SMILES string of the molecule is O=C(O)CCCc1nnc(S)o1. The molecule has 0 fully saturated rings. The van der Waals surface area contributed by atoms with Crippen LogP contribution in [0.4, 0.5) is 0 Å². The van der Waals surface area contributed by atoms with Gasteiger partial charge in [0.1, 0.15) is 0 Å². The highest BCUT2D eigenvalue weighted by Gasteiger charge is 2.03. The third kappa shape index (κ3) is 2.91. The summed E-state index contributed by atoms with van der Waals surface area (Å²) in [5, 5.41) is 15.7. The van der Waals surface area contributed by atoms with Crippen molar-refractivity contribution in [2.75, 3.05) is 0 Å². The molecular weight excluding hydrogens is 180 g/mol. The molecule has 0 unspecified atom stereocenters. The molecular formula is C6H8N2O3S. The van der Waals surface area contributed by atoms with Gasteiger partial charge in [-0.1, -0.05) is 12.6 Å². The molecule has 0 aliphatic heterocycles. The summed E-state index contributed by atoms with van der Waals surface area (Å²) in [6, 6.07) is 0. The lowest BCUT2D eigenvalue weighted by Crippen LogP contribution is -1.95. The van der Waals surface area contributed by atoms with Gasteiger partial charge in [-0.3, -0.25) is 4.79 Å². The molecule has 1 heterocycles. The van der Waals surface area contributed by atoms with Crippen LogP contribution in [-0.2, 0) is 11.2 Å². The average molecular weight is 188 g/mol. The average Bonchev–Trinajstić information content (AvgIpc) is 2.35. The number of aromatic nitrogens is 2. The van der Waals surface area contributed by atoms with E-state index in [1.807, 2.05) is 0 Å². The van der Waals surface area contributed by atoms with Crippen molar-refractivity contribution in [2.24, 2.45) is 0 Å². The largest absolute Gasteiger partial charge is 0.481 e. The number of carbonyl (C=O) groups is 1. The Balaban J connectivity index is 2.29. The standard InChI is InChI=1S/C6H8N2O3S/c9-5(10)3-1-2-4-7-8-6(12)11-4/h1-3H2,(H,8,12)(H,9,10). The van der Waals surface area contributed by atoms with Crippen LogP contribution >= 0.6 is 12.6 Å². The first-order chi connectivity index (χ1) is 5.68. The Kier molecular flexibility index (Phi) is 3.09. The molecule has 0 bridgehead atoms. The van der Waals surface area contributed by atoms with E-state index >= 15 is 0 Å². The molecule has 1 N–H and O–H groups in total. The van der Waals surface area contributed by atoms with Gasteiger partial charge in [-0.15, -0.1) is 10.2 Å². The Hall–Kier alpha value is -1.04. The van der Waals surface area contributed by atoms with Crippen LogP contribution in [-0.4, -0.2) is 21.3 Å². The first-order valence-electron chi connectivity index (χ1n) is 3.41. The van der Waals surface area contributed by atoms with Gasteiger partial charge in [0.15, 0.2) is 0 Å². The van der Waals surface area contributed by atoms with Gasteiger partial charge in [0.25, 0.3) is 5.22 Å². The number of carboxylic acids is 1. The van der Waals surface area contributed by atoms with Gasteiger partial charge >= 0.3 is 5.97 Å². The van der Waals surface area contributed by atoms with Crippen molar-refractivity contribution in [1.82, 2.24) is 10.2 Å². The van der Waals surface area contributed by atoms with Gasteiger partial charge in [0.2, 0.25) is 5.89 Å². The molecule has 6 heteroatoms. The van der Waals surface area contributed by atoms with Gasteiger partial charge in [-0.2, -0.15) is 0 Å². The summed E-state index contributed by atoms with van der Waals surface area (Å²) >= 11 is 3.81. The molecule has 1 rings (SSSR count). The topological polar surface area (TPSA) is 76.2 Å². The van der Waals surface area contributed by atoms with Crippen LogP contribution < -0.4 is 0 Å². The van der Waals surface area contributed by atoms with Crippen molar-refractivity contribution in [2.45, 2.75) is 24.5 Å². The molecule has 0 saturated heterocycles. The van der Waals surface area contributed by atoms with Crippen molar-refractivity contribution in [3.05, 3.63) is 5.89 Å². The summed E-state index contributed by atoms with van der Waals surface area (Å²) in [5.41, 5.74) is 0. The minimum absolute atomic E-state index is 0.115. The fourth-order valence-corrected chi connectivity index (χ4v) is 0.887. The van der Waals surface area contributed by atoms with Crippen molar-refractivity contribution >= 4 is 18.6 Å². The van der Waals surface area contributed by atoms with Crippen LogP contribution in [0.5, 0.6) is 0 Å². The maximum absolute atomic E-state index is 10.1. The van der Waals surface area contributed by atoms with E-state index in [1.54, 1.807) is 0 Å². The predicted octanol–water partition coefficient (Wildman–Crippen LogP) is 0.766. The summed E-state index contributed by atoms with van der Waals surface area (Å²) in [6.45, 7) is 0. The van der Waals surface area contributed by atoms with Gasteiger partial charge in [0.05, 0.1) is 0 Å². The Bertz CT molecular complexity index is 274. The van der Waals surface area contributed by atoms with Crippen LogP contribution in [0.2, 0.25) is 0 Å². The molecule has 0 radical (unpaired) electrons. The van der Waals surface area contributed by atoms with Crippen molar-refractivity contribution in [1.29, 1.82) is 0 Å². The predicted molar refractivity (Wildman–Crippen MR) is 42.1 cm³/mol. The first kappa shape index (κ1) is 9.05. The molecule has 0 spiro atoms. The first-order valence-corrected chi connectivity index (χ1v) is 3.86. The minimum Gasteiger partial charge on any atom is -0.481 e. The van der Waals surface area contributed by atoms with Crippen molar-refractivity contribution < 1.29 is 14.3 Å². The lowest BCUT2D eigenvalue weighted by atomic mass is 10.2. The number of aryl methyl sites for hydroxylation is 1. The molecule has 1 aromatic rings. The van der Waals surface area contributed by atoms with E-state index in [9.17, 15) is 4.79 Å². The third-order valence-corrected chi connectivity index (χ3v) is 1.42. The number of aliphatic carboxylic acids is 1. The van der Waals surface area contributed by atoms with Crippen LogP contribution in [0, 0.1) is 0 Å². The van der Waals surface area contributed by atoms with Gasteiger partial charge in [-0.05, 0) is 6.42 Å². The van der Waals surface area contributed by atoms with E-state index in [2.05, 4.69) is 22.8 Å². The van der Waals surface area contributed by atoms with E-state index in [1.165, 1.54) is 0 Å². The summed E-state index contributed by atoms with van der Waals surface area (Å²) in [6.07, 6.45) is 1.11. The lowest BCUT2D eigenvalue weighted by Gasteiger charge is -1.90. The van der Waals surface area contributed by atoms with E-state index in [0.29, 0.717) is 18.7 Å². The van der Waals surface area contributed by atoms with E-state index in [0.717, 1.165) is 0 Å². The Morgan fingerprint density at radius 2 is 2.33 bits per heavy atom. The molecule has 0 aliphatic rings. The van der Waals surface area contributed by atoms with Gasteiger partial charge in [0, 0.05) is 12.8 Å². The molecule has 0 aliphatic carbocycles. The van der Waals surface area contributed by atoms with E-state index < -0.39 is 5.97 Å². The van der Waals surface area contributed by atoms with Gasteiger partial charge in [-0.25, -0.2) is 0 Å². The van der Waals surface area contributed by atoms with E-state index in [-0.39, 0.29) is 11.6 Å². The zero-order valence-electron chi connectivity index (χ0n) is 6.23. The van der Waals surface area contributed by atoms with Crippen molar-refractivity contribution in [3.8, 4) is 0 Å². The number of nitrogens with zero attached hydrogens (tertiary/aromatic N) is 2. The molecule has 12 heavy (non-hydrogen) atoms. The maximum atomic E-state index is 10.1. The Morgan fingerprint density at radius 1 is 1.58 bits per heavy atom.